The molecular formula is C60H82O11. The van der Waals surface area contributed by atoms with E-state index < -0.39 is 38.6 Å². The van der Waals surface area contributed by atoms with Crippen LogP contribution in [0.3, 0.4) is 0 Å². The van der Waals surface area contributed by atoms with Crippen molar-refractivity contribution in [1.82, 2.24) is 0 Å². The number of carbonyl (C=O) groups excluding carboxylic acids is 3. The maximum Gasteiger partial charge on any atom is 0.173 e. The minimum absolute atomic E-state index is 0.111. The molecule has 2 aromatic rings. The molecule has 0 N–H and O–H groups in total. The molecule has 6 aliphatic rings. The van der Waals surface area contributed by atoms with Gasteiger partial charge >= 0.3 is 0 Å². The Morgan fingerprint density at radius 2 is 1.07 bits per heavy atom. The van der Waals surface area contributed by atoms with E-state index in [1.807, 2.05) is 74.5 Å². The van der Waals surface area contributed by atoms with E-state index in [1.54, 1.807) is 21.1 Å². The molecule has 2 aliphatic heterocycles. The first-order valence-corrected chi connectivity index (χ1v) is 26.0. The Morgan fingerprint density at radius 1 is 0.662 bits per heavy atom. The molecule has 4 unspecified atom stereocenters. The van der Waals surface area contributed by atoms with E-state index in [4.69, 9.17) is 44.3 Å². The summed E-state index contributed by atoms with van der Waals surface area (Å²) in [5.74, 6) is 3.50. The molecule has 11 nitrogen and oxygen atoms in total. The third kappa shape index (κ3) is 10.1. The fourth-order valence-corrected chi connectivity index (χ4v) is 13.9. The number of rotatable bonds is 19. The van der Waals surface area contributed by atoms with E-state index in [-0.39, 0.29) is 46.4 Å². The lowest BCUT2D eigenvalue weighted by molar-refractivity contribution is -0.237. The standard InChI is InChI=1S/C30H42O6.C30H40O5/c1-7-27(4,20-34-19-23-8-10-24(33-6)11-9-23)18-25(32)28(5)21(2)12-13-29(22(3)31)14-15-30(26(28)29)35-16-17-36-30;1-7-27(4,21-33-20-23-9-11-24(32-6)12-10-23)19-25(31)28(5)22(3)13-14-29(8-2)15-16-30(26(28)29)34-17-18-35-30/h7-11,21,26H,1,12-20H2,2-6H3;2,7,9-12,22,26H,1,13-21H2,3-6H3/t21-,26?,27+,28?,29+;22-,26?,27+,28?,29+/m11/s1. The molecule has 0 amide bonds. The Bertz CT molecular complexity index is 2270. The molecule has 388 valence electrons. The van der Waals surface area contributed by atoms with Gasteiger partial charge < -0.3 is 37.9 Å². The SMILES string of the molecule is C#C[C@@]12CC[C@@H](C)C(C)(C(=O)C[C@](C)(C=C)COCc3ccc(OC)cc3)C1C1(CC2)OCCO1.C=C[C@](C)(COCc1ccc(OC)cc1)CC(=O)C1(C)C2C3(CC[C@]2(C(C)=O)CC[C@H]1C)OCCO3. The molecule has 2 aromatic carbocycles. The molecule has 8 rings (SSSR count). The van der Waals surface area contributed by atoms with Gasteiger partial charge in [0.15, 0.2) is 11.6 Å². The largest absolute Gasteiger partial charge is 0.497 e. The number of methoxy groups -OCH3 is 2. The molecule has 2 saturated heterocycles. The molecule has 0 bridgehead atoms. The number of fused-ring (bicyclic) bond motifs is 4. The Morgan fingerprint density at radius 3 is 1.48 bits per heavy atom. The van der Waals surface area contributed by atoms with E-state index in [0.717, 1.165) is 61.2 Å². The van der Waals surface area contributed by atoms with Crippen LogP contribution in [0.2, 0.25) is 0 Å². The zero-order chi connectivity index (χ0) is 51.5. The van der Waals surface area contributed by atoms with Crippen LogP contribution in [0.25, 0.3) is 0 Å². The minimum Gasteiger partial charge on any atom is -0.497 e. The van der Waals surface area contributed by atoms with E-state index in [0.29, 0.717) is 78.5 Å². The Hall–Kier alpha value is -4.15. The second-order valence-corrected chi connectivity index (χ2v) is 22.9. The van der Waals surface area contributed by atoms with Gasteiger partial charge in [0.25, 0.3) is 0 Å². The maximum atomic E-state index is 14.3. The van der Waals surface area contributed by atoms with Crippen LogP contribution in [0.5, 0.6) is 11.5 Å². The van der Waals surface area contributed by atoms with Crippen LogP contribution in [0, 0.1) is 68.5 Å². The fourth-order valence-electron chi connectivity index (χ4n) is 13.9. The number of terminal acetylenes is 1. The fraction of sp³-hybridized carbons (Fsp3) is 0.650. The summed E-state index contributed by atoms with van der Waals surface area (Å²) in [4.78, 5) is 41.7. The first kappa shape index (κ1) is 54.6. The highest BCUT2D eigenvalue weighted by Crippen LogP contribution is 2.69. The van der Waals surface area contributed by atoms with Gasteiger partial charge in [-0.3, -0.25) is 14.4 Å². The maximum absolute atomic E-state index is 14.3. The van der Waals surface area contributed by atoms with Crippen LogP contribution in [0.15, 0.2) is 73.8 Å². The van der Waals surface area contributed by atoms with Crippen molar-refractivity contribution in [1.29, 1.82) is 0 Å². The van der Waals surface area contributed by atoms with Gasteiger partial charge in [0.2, 0.25) is 0 Å². The molecule has 11 heteroatoms. The molecule has 2 heterocycles. The van der Waals surface area contributed by atoms with Gasteiger partial charge in [0, 0.05) is 70.0 Å². The van der Waals surface area contributed by atoms with Crippen molar-refractivity contribution in [3.63, 3.8) is 0 Å². The molecule has 4 saturated carbocycles. The quantitative estimate of drug-likeness (QED) is 0.0987. The van der Waals surface area contributed by atoms with E-state index >= 15 is 0 Å². The predicted octanol–water partition coefficient (Wildman–Crippen LogP) is 11.1. The second-order valence-electron chi connectivity index (χ2n) is 22.9. The number of ketones is 3. The van der Waals surface area contributed by atoms with E-state index in [2.05, 4.69) is 46.8 Å². The van der Waals surface area contributed by atoms with Crippen LogP contribution < -0.4 is 9.47 Å². The summed E-state index contributed by atoms with van der Waals surface area (Å²) in [6, 6.07) is 15.6. The van der Waals surface area contributed by atoms with Crippen LogP contribution >= 0.6 is 0 Å². The van der Waals surface area contributed by atoms with Gasteiger partial charge in [-0.2, -0.15) is 0 Å². The summed E-state index contributed by atoms with van der Waals surface area (Å²) in [7, 11) is 3.29. The average Bonchev–Trinajstić information content (AvgIpc) is 4.19. The Balaban J connectivity index is 0.000000209. The summed E-state index contributed by atoms with van der Waals surface area (Å²) in [6.45, 7) is 26.2. The van der Waals surface area contributed by atoms with Crippen LogP contribution in [0.4, 0.5) is 0 Å². The lowest BCUT2D eigenvalue weighted by Gasteiger charge is -2.55. The lowest BCUT2D eigenvalue weighted by atomic mass is 9.48. The predicted molar refractivity (Wildman–Crippen MR) is 273 cm³/mol. The number of Topliss-reactive ketones (excluding diaryl/α,β-unsaturated/α-hetero) is 3. The molecule has 6 fully saturated rings. The number of benzene rings is 2. The van der Waals surface area contributed by atoms with Crippen molar-refractivity contribution in [3.05, 3.63) is 85.0 Å². The van der Waals surface area contributed by atoms with Crippen molar-refractivity contribution >= 4 is 17.3 Å². The highest BCUT2D eigenvalue weighted by Gasteiger charge is 2.73. The second kappa shape index (κ2) is 21.4. The monoisotopic (exact) mass is 979 g/mol. The Labute approximate surface area is 424 Å². The van der Waals surface area contributed by atoms with Crippen LogP contribution in [0.1, 0.15) is 124 Å². The highest BCUT2D eigenvalue weighted by molar-refractivity contribution is 5.90. The van der Waals surface area contributed by atoms with Gasteiger partial charge in [-0.05, 0) is 92.7 Å². The number of hydrogen-bond donors (Lipinski definition) is 0. The molecule has 10 atom stereocenters. The van der Waals surface area contributed by atoms with Gasteiger partial charge in [0.1, 0.15) is 28.8 Å². The highest BCUT2D eigenvalue weighted by atomic mass is 16.7. The zero-order valence-electron chi connectivity index (χ0n) is 44.3. The third-order valence-corrected chi connectivity index (χ3v) is 18.7. The lowest BCUT2D eigenvalue weighted by Crippen LogP contribution is -2.60. The molecule has 4 aliphatic carbocycles. The minimum atomic E-state index is -0.847. The van der Waals surface area contributed by atoms with E-state index in [9.17, 15) is 14.4 Å². The normalized spacial score (nSPS) is 32.8. The molecule has 0 aromatic heterocycles. The summed E-state index contributed by atoms with van der Waals surface area (Å²) in [6.07, 6.45) is 16.9. The number of ether oxygens (including phenoxy) is 8. The third-order valence-electron chi connectivity index (χ3n) is 18.7. The number of hydrogen-bond acceptors (Lipinski definition) is 11. The summed E-state index contributed by atoms with van der Waals surface area (Å²) >= 11 is 0. The van der Waals surface area contributed by atoms with E-state index in [1.165, 1.54) is 0 Å². The van der Waals surface area contributed by atoms with Gasteiger partial charge in [-0.15, -0.1) is 19.6 Å². The van der Waals surface area contributed by atoms with Gasteiger partial charge in [-0.25, -0.2) is 0 Å². The van der Waals surface area contributed by atoms with Crippen molar-refractivity contribution in [2.45, 2.75) is 137 Å². The zero-order valence-corrected chi connectivity index (χ0v) is 44.3. The van der Waals surface area contributed by atoms with Crippen molar-refractivity contribution in [2.24, 2.45) is 56.2 Å². The summed E-state index contributed by atoms with van der Waals surface area (Å²) in [5.41, 5.74) is -1.27. The van der Waals surface area contributed by atoms with Gasteiger partial charge in [-0.1, -0.05) is 83.9 Å². The summed E-state index contributed by atoms with van der Waals surface area (Å²) in [5, 5.41) is 0. The van der Waals surface area contributed by atoms with Crippen LogP contribution in [-0.2, 0) is 56.0 Å². The first-order valence-electron chi connectivity index (χ1n) is 26.0. The first-order chi connectivity index (χ1) is 33.7. The van der Waals surface area contributed by atoms with Crippen molar-refractivity contribution in [2.75, 3.05) is 53.9 Å². The smallest absolute Gasteiger partial charge is 0.173 e. The number of carbonyl (C=O) groups is 3. The van der Waals surface area contributed by atoms with Gasteiger partial charge in [0.05, 0.1) is 67.1 Å². The Kier molecular flexibility index (Phi) is 16.4. The average molecular weight is 979 g/mol. The molecule has 71 heavy (non-hydrogen) atoms. The van der Waals surface area contributed by atoms with Crippen LogP contribution in [-0.4, -0.2) is 82.8 Å². The molecule has 0 radical (unpaired) electrons. The molecular weight excluding hydrogens is 897 g/mol. The summed E-state index contributed by atoms with van der Waals surface area (Å²) < 4.78 is 47.6. The van der Waals surface area contributed by atoms with Crippen molar-refractivity contribution < 1.29 is 52.3 Å². The van der Waals surface area contributed by atoms with Crippen molar-refractivity contribution in [3.8, 4) is 23.8 Å². The molecule has 2 spiro atoms. The topological polar surface area (TPSA) is 125 Å².